The van der Waals surface area contributed by atoms with Gasteiger partial charge in [0.1, 0.15) is 12.2 Å². The highest BCUT2D eigenvalue weighted by molar-refractivity contribution is 6.17. The maximum atomic E-state index is 12.0. The van der Waals surface area contributed by atoms with Crippen LogP contribution in [0, 0.1) is 0 Å². The summed E-state index contributed by atoms with van der Waals surface area (Å²) in [4.78, 5) is 24.0. The SMILES string of the molecule is C=C(C)COc1ccc(C=C(C(=O)OCC)C(=O)OCC)cc1OC. The normalized spacial score (nSPS) is 9.76. The fourth-order valence-electron chi connectivity index (χ4n) is 1.88. The summed E-state index contributed by atoms with van der Waals surface area (Å²) in [6.07, 6.45) is 1.40. The molecule has 1 rings (SSSR count). The van der Waals surface area contributed by atoms with Crippen LogP contribution in [0.15, 0.2) is 35.9 Å². The lowest BCUT2D eigenvalue weighted by molar-refractivity contribution is -0.146. The molecule has 0 heterocycles. The largest absolute Gasteiger partial charge is 0.493 e. The van der Waals surface area contributed by atoms with E-state index >= 15 is 0 Å². The second-order valence-electron chi connectivity index (χ2n) is 5.16. The van der Waals surface area contributed by atoms with Crippen molar-refractivity contribution in [3.63, 3.8) is 0 Å². The summed E-state index contributed by atoms with van der Waals surface area (Å²) in [6.45, 7) is 9.64. The molecular weight excluding hydrogens is 324 g/mol. The number of rotatable bonds is 9. The van der Waals surface area contributed by atoms with E-state index in [2.05, 4.69) is 6.58 Å². The van der Waals surface area contributed by atoms with Crippen LogP contribution < -0.4 is 9.47 Å². The molecule has 0 bridgehead atoms. The van der Waals surface area contributed by atoms with Crippen LogP contribution >= 0.6 is 0 Å². The standard InChI is InChI=1S/C19H24O6/c1-6-23-18(20)15(19(21)24-7-2)10-14-8-9-16(17(11-14)22-5)25-12-13(3)4/h8-11H,3,6-7,12H2,1-2,4-5H3. The van der Waals surface area contributed by atoms with Crippen molar-refractivity contribution in [2.24, 2.45) is 0 Å². The Morgan fingerprint density at radius 1 is 1.08 bits per heavy atom. The average molecular weight is 348 g/mol. The van der Waals surface area contributed by atoms with Gasteiger partial charge in [-0.1, -0.05) is 12.6 Å². The molecule has 1 aromatic rings. The summed E-state index contributed by atoms with van der Waals surface area (Å²) in [7, 11) is 1.51. The number of carbonyl (C=O) groups is 2. The van der Waals surface area contributed by atoms with E-state index in [9.17, 15) is 9.59 Å². The van der Waals surface area contributed by atoms with E-state index in [0.29, 0.717) is 23.7 Å². The van der Waals surface area contributed by atoms with Gasteiger partial charge in [0.2, 0.25) is 0 Å². The zero-order valence-electron chi connectivity index (χ0n) is 15.1. The molecule has 0 fully saturated rings. The lowest BCUT2D eigenvalue weighted by Gasteiger charge is -2.12. The zero-order valence-corrected chi connectivity index (χ0v) is 15.1. The topological polar surface area (TPSA) is 71.1 Å². The Morgan fingerprint density at radius 3 is 2.16 bits per heavy atom. The zero-order chi connectivity index (χ0) is 18.8. The van der Waals surface area contributed by atoms with Gasteiger partial charge in [0, 0.05) is 0 Å². The molecule has 0 N–H and O–H groups in total. The third-order valence-electron chi connectivity index (χ3n) is 2.96. The van der Waals surface area contributed by atoms with E-state index in [1.54, 1.807) is 32.0 Å². The Bertz CT molecular complexity index is 640. The molecule has 0 saturated carbocycles. The van der Waals surface area contributed by atoms with Gasteiger partial charge in [-0.05, 0) is 50.1 Å². The Labute approximate surface area is 148 Å². The number of esters is 2. The van der Waals surface area contributed by atoms with Crippen molar-refractivity contribution in [2.45, 2.75) is 20.8 Å². The molecular formula is C19H24O6. The third kappa shape index (κ3) is 6.33. The lowest BCUT2D eigenvalue weighted by atomic mass is 10.1. The first-order valence-electron chi connectivity index (χ1n) is 7.94. The number of hydrogen-bond acceptors (Lipinski definition) is 6. The molecule has 0 saturated heterocycles. The molecule has 0 aliphatic carbocycles. The molecule has 0 aliphatic heterocycles. The van der Waals surface area contributed by atoms with Gasteiger partial charge in [0.05, 0.1) is 20.3 Å². The van der Waals surface area contributed by atoms with Crippen LogP contribution in [-0.2, 0) is 19.1 Å². The number of carbonyl (C=O) groups excluding carboxylic acids is 2. The molecule has 0 amide bonds. The smallest absolute Gasteiger partial charge is 0.345 e. The minimum Gasteiger partial charge on any atom is -0.493 e. The molecule has 0 unspecified atom stereocenters. The van der Waals surface area contributed by atoms with Crippen LogP contribution in [0.2, 0.25) is 0 Å². The molecule has 1 aromatic carbocycles. The van der Waals surface area contributed by atoms with Crippen LogP contribution in [0.4, 0.5) is 0 Å². The summed E-state index contributed by atoms with van der Waals surface area (Å²) in [5.74, 6) is -0.455. The predicted octanol–water partition coefficient (Wildman–Crippen LogP) is 3.16. The van der Waals surface area contributed by atoms with Crippen molar-refractivity contribution < 1.29 is 28.5 Å². The van der Waals surface area contributed by atoms with E-state index < -0.39 is 11.9 Å². The second kappa shape index (κ2) is 10.2. The minimum atomic E-state index is -0.734. The summed E-state index contributed by atoms with van der Waals surface area (Å²) in [6, 6.07) is 5.06. The molecule has 6 nitrogen and oxygen atoms in total. The van der Waals surface area contributed by atoms with Crippen LogP contribution in [0.25, 0.3) is 6.08 Å². The Hall–Kier alpha value is -2.76. The van der Waals surface area contributed by atoms with Crippen molar-refractivity contribution in [2.75, 3.05) is 26.9 Å². The van der Waals surface area contributed by atoms with Crippen molar-refractivity contribution in [3.8, 4) is 11.5 Å². The van der Waals surface area contributed by atoms with Gasteiger partial charge in [0.25, 0.3) is 0 Å². The fourth-order valence-corrected chi connectivity index (χ4v) is 1.88. The highest BCUT2D eigenvalue weighted by Crippen LogP contribution is 2.29. The van der Waals surface area contributed by atoms with Gasteiger partial charge < -0.3 is 18.9 Å². The van der Waals surface area contributed by atoms with E-state index in [1.807, 2.05) is 6.92 Å². The van der Waals surface area contributed by atoms with Gasteiger partial charge in [-0.2, -0.15) is 0 Å². The van der Waals surface area contributed by atoms with Crippen molar-refractivity contribution in [1.82, 2.24) is 0 Å². The van der Waals surface area contributed by atoms with Crippen LogP contribution in [-0.4, -0.2) is 38.9 Å². The summed E-state index contributed by atoms with van der Waals surface area (Å²) < 4.78 is 20.7. The average Bonchev–Trinajstić information content (AvgIpc) is 2.58. The van der Waals surface area contributed by atoms with Gasteiger partial charge in [-0.25, -0.2) is 9.59 Å². The molecule has 6 heteroatoms. The quantitative estimate of drug-likeness (QED) is 0.224. The molecule has 0 aromatic heterocycles. The second-order valence-corrected chi connectivity index (χ2v) is 5.16. The van der Waals surface area contributed by atoms with Crippen molar-refractivity contribution in [3.05, 3.63) is 41.5 Å². The van der Waals surface area contributed by atoms with Gasteiger partial charge in [-0.3, -0.25) is 0 Å². The Kier molecular flexibility index (Phi) is 8.26. The summed E-state index contributed by atoms with van der Waals surface area (Å²) >= 11 is 0. The van der Waals surface area contributed by atoms with E-state index in [0.717, 1.165) is 5.57 Å². The fraction of sp³-hybridized carbons (Fsp3) is 0.368. The van der Waals surface area contributed by atoms with Crippen LogP contribution in [0.3, 0.4) is 0 Å². The van der Waals surface area contributed by atoms with Crippen LogP contribution in [0.5, 0.6) is 11.5 Å². The Balaban J connectivity index is 3.16. The maximum Gasteiger partial charge on any atom is 0.345 e. The lowest BCUT2D eigenvalue weighted by Crippen LogP contribution is -2.18. The van der Waals surface area contributed by atoms with Crippen LogP contribution in [0.1, 0.15) is 26.3 Å². The van der Waals surface area contributed by atoms with Gasteiger partial charge >= 0.3 is 11.9 Å². The van der Waals surface area contributed by atoms with Crippen molar-refractivity contribution >= 4 is 18.0 Å². The first-order valence-corrected chi connectivity index (χ1v) is 7.94. The highest BCUT2D eigenvalue weighted by atomic mass is 16.6. The molecule has 0 atom stereocenters. The monoisotopic (exact) mass is 348 g/mol. The number of benzene rings is 1. The maximum absolute atomic E-state index is 12.0. The number of hydrogen-bond donors (Lipinski definition) is 0. The summed E-state index contributed by atoms with van der Waals surface area (Å²) in [5.41, 5.74) is 1.27. The molecule has 25 heavy (non-hydrogen) atoms. The van der Waals surface area contributed by atoms with E-state index in [-0.39, 0.29) is 18.8 Å². The molecule has 0 aliphatic rings. The summed E-state index contributed by atoms with van der Waals surface area (Å²) in [5, 5.41) is 0. The first kappa shape index (κ1) is 20.3. The predicted molar refractivity (Wildman–Crippen MR) is 94.5 cm³/mol. The van der Waals surface area contributed by atoms with Crippen molar-refractivity contribution in [1.29, 1.82) is 0 Å². The molecule has 0 radical (unpaired) electrons. The van der Waals surface area contributed by atoms with E-state index in [1.165, 1.54) is 13.2 Å². The van der Waals surface area contributed by atoms with E-state index in [4.69, 9.17) is 18.9 Å². The van der Waals surface area contributed by atoms with Gasteiger partial charge in [0.15, 0.2) is 11.5 Å². The molecule has 0 spiro atoms. The first-order chi connectivity index (χ1) is 11.9. The number of ether oxygens (including phenoxy) is 4. The Morgan fingerprint density at radius 2 is 1.68 bits per heavy atom. The molecule has 136 valence electrons. The number of methoxy groups -OCH3 is 1. The van der Waals surface area contributed by atoms with Gasteiger partial charge in [-0.15, -0.1) is 0 Å². The highest BCUT2D eigenvalue weighted by Gasteiger charge is 2.21. The third-order valence-corrected chi connectivity index (χ3v) is 2.96. The minimum absolute atomic E-state index is 0.159.